The molecular formula is C36H58N5O5+. The van der Waals surface area contributed by atoms with E-state index < -0.39 is 16.3 Å². The molecule has 0 bridgehead atoms. The van der Waals surface area contributed by atoms with Crippen LogP contribution in [0.5, 0.6) is 0 Å². The number of nitrogens with one attached hydrogen (secondary N) is 1. The number of aliphatic carboxylic acids is 1. The molecule has 10 nitrogen and oxygen atoms in total. The molecular weight excluding hydrogens is 582 g/mol. The van der Waals surface area contributed by atoms with Gasteiger partial charge in [0, 0.05) is 48.7 Å². The topological polar surface area (TPSA) is 179 Å². The lowest BCUT2D eigenvalue weighted by Gasteiger charge is -2.30. The molecule has 0 atom stereocenters. The number of carboxylic acids is 1. The molecule has 0 aliphatic heterocycles. The third kappa shape index (κ3) is 19.7. The van der Waals surface area contributed by atoms with Crippen molar-refractivity contribution in [2.75, 3.05) is 20.2 Å². The Hall–Kier alpha value is -4.46. The predicted octanol–water partition coefficient (Wildman–Crippen LogP) is 6.20. The first-order valence-electron chi connectivity index (χ1n) is 15.4. The summed E-state index contributed by atoms with van der Waals surface area (Å²) in [4.78, 5) is 21.6. The molecule has 0 radical (unpaired) electrons. The highest BCUT2D eigenvalue weighted by Gasteiger charge is 2.27. The summed E-state index contributed by atoms with van der Waals surface area (Å²) in [6.07, 6.45) is 18.5. The molecule has 0 saturated heterocycles. The Labute approximate surface area is 277 Å². The average Bonchev–Trinajstić information content (AvgIpc) is 3.01. The Morgan fingerprint density at radius 1 is 1.09 bits per heavy atom. The maximum atomic E-state index is 11.4. The monoisotopic (exact) mass is 640 g/mol. The van der Waals surface area contributed by atoms with Gasteiger partial charge in [-0.15, -0.1) is 0 Å². The summed E-state index contributed by atoms with van der Waals surface area (Å²) in [5.41, 5.74) is 8.15. The summed E-state index contributed by atoms with van der Waals surface area (Å²) in [6, 6.07) is 2.21. The highest BCUT2D eigenvalue weighted by Crippen LogP contribution is 2.34. The van der Waals surface area contributed by atoms with Crippen LogP contribution >= 0.6 is 0 Å². The van der Waals surface area contributed by atoms with E-state index in [1.165, 1.54) is 12.2 Å². The van der Waals surface area contributed by atoms with Crippen molar-refractivity contribution in [1.82, 2.24) is 5.32 Å². The highest BCUT2D eigenvalue weighted by molar-refractivity contribution is 5.66. The third-order valence-electron chi connectivity index (χ3n) is 6.56. The fraction of sp³-hybridized carbons (Fsp3) is 0.444. The Morgan fingerprint density at radius 3 is 2.20 bits per heavy atom. The molecule has 0 heterocycles. The van der Waals surface area contributed by atoms with Crippen LogP contribution in [0.25, 0.3) is 0 Å². The quantitative estimate of drug-likeness (QED) is 0.0364. The van der Waals surface area contributed by atoms with E-state index in [2.05, 4.69) is 24.5 Å². The number of nitro groups is 1. The molecule has 0 fully saturated rings. The molecule has 0 aliphatic carbocycles. The fourth-order valence-electron chi connectivity index (χ4n) is 3.45. The van der Waals surface area contributed by atoms with Crippen LogP contribution in [0, 0.1) is 32.3 Å². The van der Waals surface area contributed by atoms with Gasteiger partial charge in [0.25, 0.3) is 5.70 Å². The number of aliphatic hydroxyl groups excluding tert-OH is 1. The van der Waals surface area contributed by atoms with Crippen molar-refractivity contribution in [2.45, 2.75) is 74.7 Å². The van der Waals surface area contributed by atoms with Crippen molar-refractivity contribution in [3.05, 3.63) is 118 Å². The van der Waals surface area contributed by atoms with E-state index in [9.17, 15) is 20.2 Å². The minimum atomic E-state index is -0.846. The molecule has 0 unspecified atom stereocenters. The van der Waals surface area contributed by atoms with Crippen molar-refractivity contribution in [2.24, 2.45) is 16.6 Å². The zero-order valence-electron chi connectivity index (χ0n) is 29.4. The van der Waals surface area contributed by atoms with E-state index in [1.54, 1.807) is 48.8 Å². The summed E-state index contributed by atoms with van der Waals surface area (Å²) >= 11 is 0. The van der Waals surface area contributed by atoms with Crippen LogP contribution in [-0.4, -0.2) is 41.3 Å². The molecule has 0 aromatic carbocycles. The minimum absolute atomic E-state index is 0.0486. The lowest BCUT2D eigenvalue weighted by atomic mass is 9.80. The van der Waals surface area contributed by atoms with Crippen molar-refractivity contribution < 1.29 is 25.2 Å². The summed E-state index contributed by atoms with van der Waals surface area (Å²) in [7, 11) is 1.00. The van der Waals surface area contributed by atoms with Crippen molar-refractivity contribution in [3.63, 3.8) is 0 Å². The van der Waals surface area contributed by atoms with Crippen LogP contribution in [0.2, 0.25) is 0 Å². The summed E-state index contributed by atoms with van der Waals surface area (Å²) in [5, 5.41) is 42.0. The van der Waals surface area contributed by atoms with Crippen LogP contribution in [-0.2, 0) is 4.79 Å². The van der Waals surface area contributed by atoms with E-state index >= 15 is 0 Å². The number of nitrogens with two attached hydrogens (primary N) is 2. The molecule has 0 aromatic heterocycles. The molecule has 0 aliphatic rings. The summed E-state index contributed by atoms with van der Waals surface area (Å²) in [5.74, 6) is -0.846. The molecule has 0 rings (SSSR count). The van der Waals surface area contributed by atoms with E-state index in [0.717, 1.165) is 24.8 Å². The van der Waals surface area contributed by atoms with Gasteiger partial charge in [-0.3, -0.25) is 14.9 Å². The molecule has 256 valence electrons. The Kier molecular flexibility index (Phi) is 25.8. The van der Waals surface area contributed by atoms with Crippen LogP contribution in [0.3, 0.4) is 0 Å². The van der Waals surface area contributed by atoms with Gasteiger partial charge in [0.2, 0.25) is 0 Å². The third-order valence-corrected chi connectivity index (χ3v) is 6.56. The highest BCUT2D eigenvalue weighted by atomic mass is 16.6. The Bertz CT molecular complexity index is 1240. The number of quaternary nitrogens is 1. The largest absolute Gasteiger partial charge is 0.481 e. The van der Waals surface area contributed by atoms with Gasteiger partial charge in [-0.2, -0.15) is 5.26 Å². The van der Waals surface area contributed by atoms with E-state index in [1.807, 2.05) is 60.6 Å². The number of carbonyl (C=O) groups is 1. The van der Waals surface area contributed by atoms with Gasteiger partial charge >= 0.3 is 5.97 Å². The van der Waals surface area contributed by atoms with Crippen LogP contribution < -0.4 is 16.4 Å². The second-order valence-corrected chi connectivity index (χ2v) is 10.9. The maximum absolute atomic E-state index is 11.4. The van der Waals surface area contributed by atoms with Gasteiger partial charge in [-0.25, -0.2) is 0 Å². The predicted molar refractivity (Wildman–Crippen MR) is 190 cm³/mol. The number of rotatable bonds is 19. The second-order valence-electron chi connectivity index (χ2n) is 10.9. The van der Waals surface area contributed by atoms with Gasteiger partial charge in [-0.05, 0) is 60.6 Å². The lowest BCUT2D eigenvalue weighted by Crippen LogP contribution is -2.78. The molecule has 0 amide bonds. The molecule has 7 N–H and O–H groups in total. The average molecular weight is 641 g/mol. The van der Waals surface area contributed by atoms with Gasteiger partial charge in [-0.1, -0.05) is 73.8 Å². The number of aliphatic hydroxyl groups is 1. The number of hydrogen-bond donors (Lipinski definition) is 5. The normalized spacial score (nSPS) is 13.1. The first-order chi connectivity index (χ1) is 21.6. The summed E-state index contributed by atoms with van der Waals surface area (Å²) < 4.78 is 0. The Morgan fingerprint density at radius 2 is 1.70 bits per heavy atom. The fourth-order valence-corrected chi connectivity index (χ4v) is 3.45. The van der Waals surface area contributed by atoms with Crippen molar-refractivity contribution >= 4 is 5.97 Å². The zero-order valence-corrected chi connectivity index (χ0v) is 29.4. The van der Waals surface area contributed by atoms with Gasteiger partial charge in [0.1, 0.15) is 0 Å². The SMILES string of the molecule is C=C(/C=C(N)\C=C/[NH2+]CCC(=O)O)C(C)(C)C/C=C/C(C#N)=C/C=C(/NCCC)C(C)(C)C(=C)/C=C(\C=C/C)[N+](=O)[O-].CC.CO. The van der Waals surface area contributed by atoms with Crippen LogP contribution in [0.4, 0.5) is 0 Å². The number of nitrogens with zero attached hydrogens (tertiary/aromatic N) is 2. The molecule has 0 saturated carbocycles. The van der Waals surface area contributed by atoms with Crippen molar-refractivity contribution in [1.29, 1.82) is 5.26 Å². The molecule has 46 heavy (non-hydrogen) atoms. The number of hydrogen-bond acceptors (Lipinski definition) is 7. The van der Waals surface area contributed by atoms with Crippen LogP contribution in [0.15, 0.2) is 108 Å². The Balaban J connectivity index is -0.00000443. The molecule has 0 aromatic rings. The second kappa shape index (κ2) is 25.8. The smallest absolute Gasteiger partial charge is 0.309 e. The first kappa shape index (κ1) is 46.0. The van der Waals surface area contributed by atoms with Gasteiger partial charge in [0.05, 0.1) is 35.7 Å². The standard InChI is InChI=1S/C33H47N5O4.C2H6.CH4O/c1-9-12-29(38(41)42)23-26(4)33(7,8)30(37-19-10-2)15-14-27(24-34)13-11-18-32(5,6)25(3)22-28(35)16-20-36-21-17-31(39)40;2*1-2/h9,11-16,20,22-23,36-37H,3-4,10,17-19,21,35H2,1-2,5-8H3,(H,39,40);1-2H3;2H,1H3/p+1/b12-9-,13-11+,20-16-,27-14-,28-22+,29-23+,30-15+;;. The van der Waals surface area contributed by atoms with Crippen molar-refractivity contribution in [3.8, 4) is 6.07 Å². The summed E-state index contributed by atoms with van der Waals surface area (Å²) in [6.45, 7) is 25.1. The number of allylic oxidation sites excluding steroid dienone is 12. The van der Waals surface area contributed by atoms with Gasteiger partial charge < -0.3 is 26.6 Å². The lowest BCUT2D eigenvalue weighted by molar-refractivity contribution is -0.586. The number of nitriles is 1. The van der Waals surface area contributed by atoms with Crippen LogP contribution in [0.1, 0.15) is 74.7 Å². The van der Waals surface area contributed by atoms with E-state index in [-0.39, 0.29) is 17.5 Å². The zero-order chi connectivity index (χ0) is 36.3. The minimum Gasteiger partial charge on any atom is -0.481 e. The van der Waals surface area contributed by atoms with Gasteiger partial charge in [0.15, 0.2) is 0 Å². The van der Waals surface area contributed by atoms with E-state index in [0.29, 0.717) is 36.4 Å². The first-order valence-corrected chi connectivity index (χ1v) is 15.4. The maximum Gasteiger partial charge on any atom is 0.309 e. The molecule has 10 heteroatoms. The van der Waals surface area contributed by atoms with E-state index in [4.69, 9.17) is 15.9 Å². The molecule has 0 spiro atoms. The number of carboxylic acid groups (broad SMARTS) is 1.